The number of methoxy groups -OCH3 is 1. The molecule has 0 unspecified atom stereocenters. The Morgan fingerprint density at radius 1 is 1.15 bits per heavy atom. The number of anilines is 2. The van der Waals surface area contributed by atoms with Crippen molar-refractivity contribution in [1.82, 2.24) is 5.32 Å². The molecule has 1 aliphatic rings. The van der Waals surface area contributed by atoms with Gasteiger partial charge in [0.2, 0.25) is 0 Å². The third kappa shape index (κ3) is 6.63. The zero-order chi connectivity index (χ0) is 29.8. The number of nitrogens with one attached hydrogen (secondary N) is 2. The lowest BCUT2D eigenvalue weighted by atomic mass is 10.1. The summed E-state index contributed by atoms with van der Waals surface area (Å²) in [6.45, 7) is 1.50. The molecule has 3 aromatic carbocycles. The van der Waals surface area contributed by atoms with Crippen molar-refractivity contribution in [2.75, 3.05) is 23.9 Å². The fraction of sp³-hybridized carbons (Fsp3) is 0.111. The predicted octanol–water partition coefficient (Wildman–Crippen LogP) is 4.85. The summed E-state index contributed by atoms with van der Waals surface area (Å²) >= 11 is 8.06. The number of carbonyl (C=O) groups is 4. The second kappa shape index (κ2) is 12.3. The fourth-order valence-corrected chi connectivity index (χ4v) is 4.71. The van der Waals surface area contributed by atoms with Crippen LogP contribution in [0.4, 0.5) is 21.9 Å². The Kier molecular flexibility index (Phi) is 8.88. The largest absolute Gasteiger partial charge is 0.493 e. The molecule has 1 fully saturated rings. The smallest absolute Gasteiger partial charge is 0.335 e. The number of rotatable bonds is 8. The monoisotopic (exact) mass is 690 g/mol. The number of nitrogens with zero attached hydrogens (tertiary/aromatic N) is 2. The summed E-state index contributed by atoms with van der Waals surface area (Å²) in [5, 5.41) is 16.2. The molecule has 210 valence electrons. The number of hydrogen-bond donors (Lipinski definition) is 2. The van der Waals surface area contributed by atoms with Crippen molar-refractivity contribution < 1.29 is 33.6 Å². The standard InChI is InChI=1S/C27H20ClIN4O8/c1-14-3-4-16(12-20(14)28)30-23(34)13-41-24-21(29)10-15(11-22(24)40-2)9-19-25(35)31-27(37)32(26(19)36)17-5-7-18(8-6-17)33(38)39/h3-12H,13H2,1-2H3,(H,30,34)(H,31,35,37)/b19-9-. The predicted molar refractivity (Wildman–Crippen MR) is 158 cm³/mol. The molecule has 14 heteroatoms. The highest BCUT2D eigenvalue weighted by molar-refractivity contribution is 14.1. The molecule has 0 aliphatic carbocycles. The van der Waals surface area contributed by atoms with Gasteiger partial charge < -0.3 is 14.8 Å². The molecule has 0 spiro atoms. The average Bonchev–Trinajstić information content (AvgIpc) is 2.92. The van der Waals surface area contributed by atoms with Gasteiger partial charge in [0.05, 0.1) is 21.3 Å². The van der Waals surface area contributed by atoms with Crippen LogP contribution in [0.2, 0.25) is 5.02 Å². The number of urea groups is 1. The summed E-state index contributed by atoms with van der Waals surface area (Å²) in [7, 11) is 1.39. The number of carbonyl (C=O) groups excluding carboxylic acids is 4. The minimum absolute atomic E-state index is 0.0404. The highest BCUT2D eigenvalue weighted by Crippen LogP contribution is 2.35. The summed E-state index contributed by atoms with van der Waals surface area (Å²) in [6, 6.07) is 11.9. The molecular formula is C27H20ClIN4O8. The van der Waals surface area contributed by atoms with Crippen LogP contribution in [0.15, 0.2) is 60.2 Å². The van der Waals surface area contributed by atoms with Gasteiger partial charge in [-0.3, -0.25) is 29.8 Å². The Bertz CT molecular complexity index is 1620. The minimum atomic E-state index is -0.993. The van der Waals surface area contributed by atoms with E-state index in [1.807, 2.05) is 29.5 Å². The van der Waals surface area contributed by atoms with Gasteiger partial charge in [-0.25, -0.2) is 9.69 Å². The van der Waals surface area contributed by atoms with Crippen LogP contribution >= 0.6 is 34.2 Å². The van der Waals surface area contributed by atoms with Crippen LogP contribution in [0, 0.1) is 20.6 Å². The summed E-state index contributed by atoms with van der Waals surface area (Å²) in [5.74, 6) is -1.79. The van der Waals surface area contributed by atoms with Crippen molar-refractivity contribution in [3.05, 3.63) is 90.0 Å². The number of nitro groups is 1. The van der Waals surface area contributed by atoms with Crippen molar-refractivity contribution in [3.63, 3.8) is 0 Å². The number of aryl methyl sites for hydroxylation is 1. The second-order valence-electron chi connectivity index (χ2n) is 8.57. The van der Waals surface area contributed by atoms with E-state index in [1.165, 1.54) is 31.4 Å². The van der Waals surface area contributed by atoms with Crippen LogP contribution in [-0.4, -0.2) is 42.4 Å². The third-order valence-corrected chi connectivity index (χ3v) is 6.99. The molecule has 2 N–H and O–H groups in total. The Hall–Kier alpha value is -4.50. The van der Waals surface area contributed by atoms with E-state index in [2.05, 4.69) is 10.6 Å². The highest BCUT2D eigenvalue weighted by Gasteiger charge is 2.37. The third-order valence-electron chi connectivity index (χ3n) is 5.79. The molecule has 1 heterocycles. The van der Waals surface area contributed by atoms with E-state index in [4.69, 9.17) is 21.1 Å². The lowest BCUT2D eigenvalue weighted by molar-refractivity contribution is -0.384. The first-order valence-electron chi connectivity index (χ1n) is 11.7. The molecule has 3 aromatic rings. The van der Waals surface area contributed by atoms with E-state index in [0.29, 0.717) is 24.7 Å². The van der Waals surface area contributed by atoms with E-state index < -0.39 is 28.7 Å². The van der Waals surface area contributed by atoms with Gasteiger partial charge in [-0.05, 0) is 83.1 Å². The minimum Gasteiger partial charge on any atom is -0.493 e. The SMILES string of the molecule is COc1cc(/C=C2/C(=O)NC(=O)N(c3ccc([N+](=O)[O-])cc3)C2=O)cc(I)c1OCC(=O)Nc1ccc(C)c(Cl)c1. The van der Waals surface area contributed by atoms with Crippen molar-refractivity contribution >= 4 is 81.1 Å². The molecule has 0 atom stereocenters. The molecule has 1 saturated heterocycles. The number of non-ortho nitro benzene ring substituents is 1. The van der Waals surface area contributed by atoms with E-state index in [0.717, 1.165) is 17.7 Å². The van der Waals surface area contributed by atoms with Crippen molar-refractivity contribution in [2.24, 2.45) is 0 Å². The van der Waals surface area contributed by atoms with E-state index in [-0.39, 0.29) is 35.1 Å². The van der Waals surface area contributed by atoms with Gasteiger partial charge in [0.15, 0.2) is 18.1 Å². The summed E-state index contributed by atoms with van der Waals surface area (Å²) in [4.78, 5) is 61.6. The van der Waals surface area contributed by atoms with E-state index in [1.54, 1.807) is 24.3 Å². The fourth-order valence-electron chi connectivity index (χ4n) is 3.75. The Morgan fingerprint density at radius 2 is 1.85 bits per heavy atom. The lowest BCUT2D eigenvalue weighted by Crippen LogP contribution is -2.54. The number of imide groups is 2. The lowest BCUT2D eigenvalue weighted by Gasteiger charge is -2.26. The molecule has 4 rings (SSSR count). The van der Waals surface area contributed by atoms with Crippen LogP contribution in [0.25, 0.3) is 6.08 Å². The number of halogens is 2. The molecule has 12 nitrogen and oxygen atoms in total. The van der Waals surface area contributed by atoms with Gasteiger partial charge in [-0.15, -0.1) is 0 Å². The number of benzene rings is 3. The van der Waals surface area contributed by atoms with E-state index in [9.17, 15) is 29.3 Å². The van der Waals surface area contributed by atoms with Gasteiger partial charge in [-0.2, -0.15) is 0 Å². The van der Waals surface area contributed by atoms with Crippen LogP contribution in [-0.2, 0) is 14.4 Å². The van der Waals surface area contributed by atoms with Gasteiger partial charge in [0, 0.05) is 22.8 Å². The molecule has 0 aromatic heterocycles. The number of nitro benzene ring substituents is 1. The number of hydrogen-bond acceptors (Lipinski definition) is 8. The first kappa shape index (κ1) is 29.5. The highest BCUT2D eigenvalue weighted by atomic mass is 127. The van der Waals surface area contributed by atoms with E-state index >= 15 is 0 Å². The average molecular weight is 691 g/mol. The normalized spacial score (nSPS) is 14.1. The number of amides is 5. The molecule has 41 heavy (non-hydrogen) atoms. The summed E-state index contributed by atoms with van der Waals surface area (Å²) < 4.78 is 11.6. The van der Waals surface area contributed by atoms with Crippen LogP contribution in [0.1, 0.15) is 11.1 Å². The Morgan fingerprint density at radius 3 is 2.49 bits per heavy atom. The van der Waals surface area contributed by atoms with Gasteiger partial charge in [0.25, 0.3) is 23.4 Å². The molecule has 0 saturated carbocycles. The van der Waals surface area contributed by atoms with Crippen LogP contribution in [0.3, 0.4) is 0 Å². The number of barbiturate groups is 1. The first-order valence-corrected chi connectivity index (χ1v) is 13.2. The maximum absolute atomic E-state index is 13.2. The quantitative estimate of drug-likeness (QED) is 0.112. The summed E-state index contributed by atoms with van der Waals surface area (Å²) in [5.41, 5.74) is 1.20. The zero-order valence-corrected chi connectivity index (χ0v) is 24.3. The van der Waals surface area contributed by atoms with Crippen LogP contribution in [0.5, 0.6) is 11.5 Å². The molecule has 5 amide bonds. The topological polar surface area (TPSA) is 157 Å². The molecular weight excluding hydrogens is 671 g/mol. The number of ether oxygens (including phenoxy) is 2. The van der Waals surface area contributed by atoms with Crippen LogP contribution < -0.4 is 25.0 Å². The molecule has 1 aliphatic heterocycles. The maximum atomic E-state index is 13.2. The van der Waals surface area contributed by atoms with Crippen molar-refractivity contribution in [3.8, 4) is 11.5 Å². The van der Waals surface area contributed by atoms with Gasteiger partial charge >= 0.3 is 6.03 Å². The molecule has 0 radical (unpaired) electrons. The second-order valence-corrected chi connectivity index (χ2v) is 10.1. The maximum Gasteiger partial charge on any atom is 0.335 e. The summed E-state index contributed by atoms with van der Waals surface area (Å²) in [6.07, 6.45) is 1.27. The van der Waals surface area contributed by atoms with Crippen molar-refractivity contribution in [2.45, 2.75) is 6.92 Å². The zero-order valence-electron chi connectivity index (χ0n) is 21.4. The molecule has 0 bridgehead atoms. The van der Waals surface area contributed by atoms with Gasteiger partial charge in [-0.1, -0.05) is 17.7 Å². The van der Waals surface area contributed by atoms with Gasteiger partial charge in [0.1, 0.15) is 5.57 Å². The Labute approximate surface area is 251 Å². The first-order chi connectivity index (χ1) is 19.5. The van der Waals surface area contributed by atoms with Crippen molar-refractivity contribution in [1.29, 1.82) is 0 Å². The Balaban J connectivity index is 1.55.